The van der Waals surface area contributed by atoms with Crippen LogP contribution in [0.1, 0.15) is 31.9 Å². The van der Waals surface area contributed by atoms with Crippen LogP contribution in [0.25, 0.3) is 0 Å². The van der Waals surface area contributed by atoms with E-state index in [2.05, 4.69) is 6.92 Å². The molecule has 0 saturated carbocycles. The molecule has 1 aromatic carbocycles. The molecule has 0 radical (unpaired) electrons. The van der Waals surface area contributed by atoms with E-state index >= 15 is 0 Å². The van der Waals surface area contributed by atoms with E-state index in [9.17, 15) is 9.18 Å². The number of benzene rings is 1. The maximum atomic E-state index is 13.3. The molecule has 2 N–H and O–H groups in total. The Morgan fingerprint density at radius 1 is 1.55 bits per heavy atom. The molecule has 1 aliphatic heterocycles. The molecule has 1 aromatic rings. The predicted molar refractivity (Wildman–Crippen MR) is 80.1 cm³/mol. The van der Waals surface area contributed by atoms with Crippen molar-refractivity contribution < 1.29 is 9.18 Å². The molecule has 112 valence electrons. The maximum absolute atomic E-state index is 13.3. The first-order valence-electron chi connectivity index (χ1n) is 6.79. The Balaban J connectivity index is 0.00000200. The fraction of sp³-hybridized carbons (Fsp3) is 0.533. The molecule has 3 nitrogen and oxygen atoms in total. The van der Waals surface area contributed by atoms with Gasteiger partial charge in [-0.05, 0) is 30.0 Å². The van der Waals surface area contributed by atoms with Crippen molar-refractivity contribution in [2.24, 2.45) is 17.6 Å². The van der Waals surface area contributed by atoms with E-state index in [1.54, 1.807) is 6.07 Å². The molecule has 1 heterocycles. The Morgan fingerprint density at radius 3 is 2.85 bits per heavy atom. The third-order valence-corrected chi connectivity index (χ3v) is 3.80. The minimum atomic E-state index is -0.253. The summed E-state index contributed by atoms with van der Waals surface area (Å²) >= 11 is 0. The number of nitrogens with two attached hydrogens (primary N) is 1. The monoisotopic (exact) mass is 300 g/mol. The number of carbonyl (C=O) groups excluding carboxylic acids is 1. The first-order chi connectivity index (χ1) is 9.02. The van der Waals surface area contributed by atoms with Crippen LogP contribution in [0.4, 0.5) is 4.39 Å². The predicted octanol–water partition coefficient (Wildman–Crippen LogP) is 2.75. The van der Waals surface area contributed by atoms with Crippen molar-refractivity contribution in [2.75, 3.05) is 13.1 Å². The standard InChI is InChI=1S/C15H21FN2O.ClH/c1-10-6-14(12-4-3-5-13(16)7-12)18(9-10)15(19)11(2)8-17;/h3-5,7,10-11,14H,6,8-9,17H2,1-2H3;1H. The molecule has 3 atom stereocenters. The van der Waals surface area contributed by atoms with Crippen LogP contribution in [-0.4, -0.2) is 23.9 Å². The summed E-state index contributed by atoms with van der Waals surface area (Å²) in [7, 11) is 0. The largest absolute Gasteiger partial charge is 0.335 e. The van der Waals surface area contributed by atoms with Gasteiger partial charge in [0.1, 0.15) is 5.82 Å². The molecule has 1 fully saturated rings. The topological polar surface area (TPSA) is 46.3 Å². The van der Waals surface area contributed by atoms with Crippen molar-refractivity contribution in [3.05, 3.63) is 35.6 Å². The van der Waals surface area contributed by atoms with E-state index in [1.807, 2.05) is 17.9 Å². The number of halogens is 2. The quantitative estimate of drug-likeness (QED) is 0.933. The van der Waals surface area contributed by atoms with Gasteiger partial charge in [0.2, 0.25) is 5.91 Å². The molecule has 2 rings (SSSR count). The molecule has 0 aromatic heterocycles. The highest BCUT2D eigenvalue weighted by atomic mass is 35.5. The SMILES string of the molecule is CC1CC(c2cccc(F)c2)N(C(=O)C(C)CN)C1.Cl. The van der Waals surface area contributed by atoms with Crippen molar-refractivity contribution in [1.82, 2.24) is 4.90 Å². The van der Waals surface area contributed by atoms with Crippen LogP contribution in [-0.2, 0) is 4.79 Å². The summed E-state index contributed by atoms with van der Waals surface area (Å²) < 4.78 is 13.3. The third-order valence-electron chi connectivity index (χ3n) is 3.80. The van der Waals surface area contributed by atoms with Crippen molar-refractivity contribution in [3.63, 3.8) is 0 Å². The van der Waals surface area contributed by atoms with Crippen LogP contribution in [0.3, 0.4) is 0 Å². The zero-order valence-corrected chi connectivity index (χ0v) is 12.7. The second-order valence-electron chi connectivity index (χ2n) is 5.54. The molecule has 1 amide bonds. The molecule has 1 aliphatic rings. The number of rotatable bonds is 3. The van der Waals surface area contributed by atoms with Gasteiger partial charge in [0, 0.05) is 19.0 Å². The minimum absolute atomic E-state index is 0. The zero-order valence-electron chi connectivity index (χ0n) is 11.9. The highest BCUT2D eigenvalue weighted by molar-refractivity contribution is 5.85. The van der Waals surface area contributed by atoms with Crippen LogP contribution < -0.4 is 5.73 Å². The lowest BCUT2D eigenvalue weighted by atomic mass is 10.0. The Hall–Kier alpha value is -1.13. The first-order valence-corrected chi connectivity index (χ1v) is 6.79. The summed E-state index contributed by atoms with van der Waals surface area (Å²) in [6.07, 6.45) is 0.881. The molecule has 0 bridgehead atoms. The average molecular weight is 301 g/mol. The van der Waals surface area contributed by atoms with Crippen LogP contribution in [0, 0.1) is 17.7 Å². The lowest BCUT2D eigenvalue weighted by molar-refractivity contribution is -0.135. The smallest absolute Gasteiger partial charge is 0.227 e. The highest BCUT2D eigenvalue weighted by Gasteiger charge is 2.35. The van der Waals surface area contributed by atoms with Gasteiger partial charge in [0.25, 0.3) is 0 Å². The van der Waals surface area contributed by atoms with Crippen molar-refractivity contribution in [2.45, 2.75) is 26.3 Å². The van der Waals surface area contributed by atoms with Gasteiger partial charge in [-0.25, -0.2) is 4.39 Å². The minimum Gasteiger partial charge on any atom is -0.335 e. The number of carbonyl (C=O) groups is 1. The van der Waals surface area contributed by atoms with Crippen molar-refractivity contribution in [3.8, 4) is 0 Å². The van der Waals surface area contributed by atoms with Gasteiger partial charge < -0.3 is 10.6 Å². The molecule has 0 spiro atoms. The summed E-state index contributed by atoms with van der Waals surface area (Å²) in [5.41, 5.74) is 6.45. The Morgan fingerprint density at radius 2 is 2.25 bits per heavy atom. The number of hydrogen-bond donors (Lipinski definition) is 1. The fourth-order valence-electron chi connectivity index (χ4n) is 2.70. The van der Waals surface area contributed by atoms with Gasteiger partial charge in [-0.15, -0.1) is 12.4 Å². The second kappa shape index (κ2) is 7.04. The Kier molecular flexibility index (Phi) is 5.96. The lowest BCUT2D eigenvalue weighted by Crippen LogP contribution is -2.37. The van der Waals surface area contributed by atoms with Gasteiger partial charge in [-0.1, -0.05) is 26.0 Å². The van der Waals surface area contributed by atoms with E-state index in [1.165, 1.54) is 12.1 Å². The van der Waals surface area contributed by atoms with E-state index in [0.29, 0.717) is 12.5 Å². The van der Waals surface area contributed by atoms with Gasteiger partial charge in [-0.2, -0.15) is 0 Å². The van der Waals surface area contributed by atoms with Gasteiger partial charge in [0.15, 0.2) is 0 Å². The van der Waals surface area contributed by atoms with Gasteiger partial charge in [-0.3, -0.25) is 4.79 Å². The Labute approximate surface area is 125 Å². The summed E-state index contributed by atoms with van der Waals surface area (Å²) in [6, 6.07) is 6.52. The van der Waals surface area contributed by atoms with E-state index in [4.69, 9.17) is 5.73 Å². The molecular formula is C15H22ClFN2O. The van der Waals surface area contributed by atoms with Crippen LogP contribution in [0.5, 0.6) is 0 Å². The fourth-order valence-corrected chi connectivity index (χ4v) is 2.70. The van der Waals surface area contributed by atoms with Crippen molar-refractivity contribution in [1.29, 1.82) is 0 Å². The maximum Gasteiger partial charge on any atom is 0.227 e. The molecule has 5 heteroatoms. The summed E-state index contributed by atoms with van der Waals surface area (Å²) in [4.78, 5) is 14.2. The summed E-state index contributed by atoms with van der Waals surface area (Å²) in [6.45, 7) is 5.03. The average Bonchev–Trinajstić information content (AvgIpc) is 2.79. The highest BCUT2D eigenvalue weighted by Crippen LogP contribution is 2.36. The van der Waals surface area contributed by atoms with Gasteiger partial charge in [0.05, 0.1) is 6.04 Å². The molecule has 0 aliphatic carbocycles. The first kappa shape index (κ1) is 16.9. The molecule has 1 saturated heterocycles. The lowest BCUT2D eigenvalue weighted by Gasteiger charge is -2.27. The summed E-state index contributed by atoms with van der Waals surface area (Å²) in [5, 5.41) is 0. The van der Waals surface area contributed by atoms with E-state index in [0.717, 1.165) is 18.5 Å². The number of nitrogens with zero attached hydrogens (tertiary/aromatic N) is 1. The molecule has 3 unspecified atom stereocenters. The van der Waals surface area contributed by atoms with Crippen LogP contribution >= 0.6 is 12.4 Å². The van der Waals surface area contributed by atoms with Crippen LogP contribution in [0.15, 0.2) is 24.3 Å². The second-order valence-corrected chi connectivity index (χ2v) is 5.54. The van der Waals surface area contributed by atoms with E-state index in [-0.39, 0.29) is 36.1 Å². The molecular weight excluding hydrogens is 279 g/mol. The number of amides is 1. The third kappa shape index (κ3) is 3.49. The van der Waals surface area contributed by atoms with E-state index < -0.39 is 0 Å². The molecule has 20 heavy (non-hydrogen) atoms. The van der Waals surface area contributed by atoms with Crippen LogP contribution in [0.2, 0.25) is 0 Å². The summed E-state index contributed by atoms with van der Waals surface area (Å²) in [5.74, 6) is 0.0704. The number of likely N-dealkylation sites (tertiary alicyclic amines) is 1. The zero-order chi connectivity index (χ0) is 14.0. The number of hydrogen-bond acceptors (Lipinski definition) is 2. The van der Waals surface area contributed by atoms with Gasteiger partial charge >= 0.3 is 0 Å². The normalized spacial score (nSPS) is 23.3. The Bertz CT molecular complexity index is 469. The van der Waals surface area contributed by atoms with Crippen molar-refractivity contribution >= 4 is 18.3 Å².